The molecule has 0 aromatic carbocycles. The Morgan fingerprint density at radius 1 is 1.00 bits per heavy atom. The maximum Gasteiger partial charge on any atom is 0.141 e. The molecule has 1 aliphatic heterocycles. The predicted octanol–water partition coefficient (Wildman–Crippen LogP) is 5.31. The minimum Gasteiger partial charge on any atom is -0.395 e. The number of aliphatic hydroxyl groups excluding tert-OH is 2. The lowest BCUT2D eigenvalue weighted by atomic mass is 9.32. The third kappa shape index (κ3) is 2.36. The monoisotopic (exact) mass is 470 g/mol. The summed E-state index contributed by atoms with van der Waals surface area (Å²) in [6, 6.07) is 0. The van der Waals surface area contributed by atoms with Crippen molar-refractivity contribution in [2.45, 2.75) is 105 Å². The van der Waals surface area contributed by atoms with E-state index >= 15 is 0 Å². The van der Waals surface area contributed by atoms with Gasteiger partial charge in [0.2, 0.25) is 0 Å². The Morgan fingerprint density at radius 2 is 1.74 bits per heavy atom. The topological polar surface area (TPSA) is 66.8 Å². The number of aliphatic hydroxyl groups is 2. The molecule has 1 heterocycles. The molecule has 2 bridgehead atoms. The largest absolute Gasteiger partial charge is 0.395 e. The van der Waals surface area contributed by atoms with Crippen molar-refractivity contribution in [2.75, 3.05) is 13.2 Å². The first-order valence-corrected chi connectivity index (χ1v) is 13.9. The number of Topliss-reactive ketones (excluding diaryl/α,β-unsaturated/α-hetero) is 1. The second-order valence-electron chi connectivity index (χ2n) is 15.1. The van der Waals surface area contributed by atoms with E-state index in [9.17, 15) is 15.0 Å². The molecule has 190 valence electrons. The van der Waals surface area contributed by atoms with E-state index in [-0.39, 0.29) is 57.1 Å². The van der Waals surface area contributed by atoms with E-state index in [1.54, 1.807) is 0 Å². The lowest BCUT2D eigenvalue weighted by Crippen LogP contribution is -2.72. The molecular weight excluding hydrogens is 424 g/mol. The maximum absolute atomic E-state index is 13.0. The van der Waals surface area contributed by atoms with Gasteiger partial charge in [0.05, 0.1) is 30.3 Å². The fraction of sp³-hybridized carbons (Fsp3) is 0.900. The summed E-state index contributed by atoms with van der Waals surface area (Å²) in [5, 5.41) is 22.2. The van der Waals surface area contributed by atoms with Crippen LogP contribution in [-0.4, -0.2) is 40.9 Å². The molecule has 0 aromatic heterocycles. The van der Waals surface area contributed by atoms with Crippen LogP contribution in [0.1, 0.15) is 92.9 Å². The summed E-state index contributed by atoms with van der Waals surface area (Å²) >= 11 is 0. The zero-order valence-corrected chi connectivity index (χ0v) is 22.2. The van der Waals surface area contributed by atoms with E-state index < -0.39 is 5.41 Å². The van der Waals surface area contributed by atoms with Crippen molar-refractivity contribution in [1.29, 1.82) is 0 Å². The van der Waals surface area contributed by atoms with Gasteiger partial charge in [0.1, 0.15) is 5.78 Å². The highest BCUT2D eigenvalue weighted by Gasteiger charge is 2.78. The number of hydrogen-bond donors (Lipinski definition) is 2. The first kappa shape index (κ1) is 23.7. The number of rotatable bonds is 1. The quantitative estimate of drug-likeness (QED) is 0.510. The highest BCUT2D eigenvalue weighted by Crippen LogP contribution is 2.78. The number of ether oxygens (including phenoxy) is 1. The number of carbonyl (C=O) groups is 1. The van der Waals surface area contributed by atoms with Gasteiger partial charge in [0.15, 0.2) is 0 Å². The molecule has 0 radical (unpaired) electrons. The highest BCUT2D eigenvalue weighted by molar-refractivity contribution is 5.86. The predicted molar refractivity (Wildman–Crippen MR) is 132 cm³/mol. The number of ketones is 1. The van der Waals surface area contributed by atoms with E-state index in [1.165, 1.54) is 0 Å². The van der Waals surface area contributed by atoms with Crippen LogP contribution in [0.25, 0.3) is 0 Å². The van der Waals surface area contributed by atoms with Gasteiger partial charge in [0, 0.05) is 23.2 Å². The molecule has 1 spiro atoms. The smallest absolute Gasteiger partial charge is 0.141 e. The SMILES string of the molecule is CC1(C)CC[C@]23CO[C@@]4(C=C[C@@H]5[C@@]6(C)CCC(=O)[C@@](C)(CO)[C@@H]6CC[C@@]5(C)[C@]4(C)C[C@@H]2O)[C@@H]3C1. The molecule has 0 amide bonds. The molecular formula is C30H46O4. The molecule has 4 saturated carbocycles. The van der Waals surface area contributed by atoms with Gasteiger partial charge in [-0.05, 0) is 73.0 Å². The fourth-order valence-electron chi connectivity index (χ4n) is 11.1. The van der Waals surface area contributed by atoms with Gasteiger partial charge in [-0.15, -0.1) is 0 Å². The molecule has 5 aliphatic carbocycles. The van der Waals surface area contributed by atoms with E-state index in [4.69, 9.17) is 4.74 Å². The van der Waals surface area contributed by atoms with Crippen molar-refractivity contribution in [3.05, 3.63) is 12.2 Å². The third-order valence-electron chi connectivity index (χ3n) is 13.5. The Morgan fingerprint density at radius 3 is 2.44 bits per heavy atom. The molecule has 34 heavy (non-hydrogen) atoms. The summed E-state index contributed by atoms with van der Waals surface area (Å²) in [6.45, 7) is 14.7. The normalized spacial score (nSPS) is 59.6. The zero-order valence-electron chi connectivity index (χ0n) is 22.2. The molecule has 1 saturated heterocycles. The van der Waals surface area contributed by atoms with Gasteiger partial charge in [-0.3, -0.25) is 4.79 Å². The minimum atomic E-state index is -0.642. The van der Waals surface area contributed by atoms with Gasteiger partial charge in [0.25, 0.3) is 0 Å². The number of fused-ring (bicyclic) bond motifs is 4. The molecule has 2 N–H and O–H groups in total. The first-order chi connectivity index (χ1) is 15.7. The molecule has 6 rings (SSSR count). The van der Waals surface area contributed by atoms with Crippen LogP contribution in [0.3, 0.4) is 0 Å². The Kier molecular flexibility index (Phi) is 4.58. The molecule has 0 aromatic rings. The second kappa shape index (κ2) is 6.58. The highest BCUT2D eigenvalue weighted by atomic mass is 16.5. The summed E-state index contributed by atoms with van der Waals surface area (Å²) < 4.78 is 6.99. The van der Waals surface area contributed by atoms with Crippen LogP contribution in [0.15, 0.2) is 12.2 Å². The first-order valence-electron chi connectivity index (χ1n) is 13.9. The number of carbonyl (C=O) groups excluding carboxylic acids is 1. The van der Waals surface area contributed by atoms with Gasteiger partial charge in [-0.25, -0.2) is 0 Å². The van der Waals surface area contributed by atoms with Crippen LogP contribution >= 0.6 is 0 Å². The Bertz CT molecular complexity index is 955. The number of allylic oxidation sites excluding steroid dienone is 1. The molecule has 0 unspecified atom stereocenters. The minimum absolute atomic E-state index is 0.0250. The van der Waals surface area contributed by atoms with Crippen molar-refractivity contribution in [3.8, 4) is 0 Å². The summed E-state index contributed by atoms with van der Waals surface area (Å²) in [5.41, 5.74) is -1.01. The third-order valence-corrected chi connectivity index (χ3v) is 13.5. The van der Waals surface area contributed by atoms with Crippen LogP contribution in [0.2, 0.25) is 0 Å². The number of hydrogen-bond acceptors (Lipinski definition) is 4. The zero-order chi connectivity index (χ0) is 24.6. The Hall–Kier alpha value is -0.710. The lowest BCUT2D eigenvalue weighted by molar-refractivity contribution is -0.249. The van der Waals surface area contributed by atoms with Crippen molar-refractivity contribution < 1.29 is 19.7 Å². The summed E-state index contributed by atoms with van der Waals surface area (Å²) in [5.74, 6) is 1.10. The van der Waals surface area contributed by atoms with Crippen molar-refractivity contribution in [2.24, 2.45) is 50.2 Å². The van der Waals surface area contributed by atoms with E-state index in [1.807, 2.05) is 6.92 Å². The van der Waals surface area contributed by atoms with Crippen molar-refractivity contribution in [1.82, 2.24) is 0 Å². The molecule has 4 nitrogen and oxygen atoms in total. The van der Waals surface area contributed by atoms with Gasteiger partial charge >= 0.3 is 0 Å². The fourth-order valence-corrected chi connectivity index (χ4v) is 11.1. The molecule has 6 aliphatic rings. The summed E-state index contributed by atoms with van der Waals surface area (Å²) in [7, 11) is 0. The Balaban J connectivity index is 1.50. The molecule has 10 atom stereocenters. The van der Waals surface area contributed by atoms with Crippen molar-refractivity contribution in [3.63, 3.8) is 0 Å². The standard InChI is InChI=1S/C30H46O4/c1-24(2)13-14-29-18-34-30(21(29)15-24)12-8-20-25(3)10-9-22(32)26(4,17-31)19(25)7-11-27(20,5)28(30,6)16-23(29)33/h8,12,19-21,23,31,33H,7,9-11,13-18H2,1-6H3/t19-,20-,21-,23+,25+,26+,27-,28+,29-,30+/m1/s1. The Labute approximate surface area is 205 Å². The maximum atomic E-state index is 13.0. The average molecular weight is 471 g/mol. The summed E-state index contributed by atoms with van der Waals surface area (Å²) in [4.78, 5) is 13.0. The van der Waals surface area contributed by atoms with Gasteiger partial charge < -0.3 is 14.9 Å². The van der Waals surface area contributed by atoms with Crippen LogP contribution in [-0.2, 0) is 9.53 Å². The van der Waals surface area contributed by atoms with Crippen LogP contribution in [0, 0.1) is 50.2 Å². The van der Waals surface area contributed by atoms with Crippen molar-refractivity contribution >= 4 is 5.78 Å². The molecule has 4 heteroatoms. The van der Waals surface area contributed by atoms with E-state index in [0.717, 1.165) is 44.9 Å². The molecule has 5 fully saturated rings. The van der Waals surface area contributed by atoms with Gasteiger partial charge in [-0.2, -0.15) is 0 Å². The van der Waals surface area contributed by atoms with Gasteiger partial charge in [-0.1, -0.05) is 53.7 Å². The van der Waals surface area contributed by atoms with Crippen LogP contribution in [0.5, 0.6) is 0 Å². The van der Waals surface area contributed by atoms with Crippen LogP contribution in [0.4, 0.5) is 0 Å². The van der Waals surface area contributed by atoms with Crippen LogP contribution < -0.4 is 0 Å². The summed E-state index contributed by atoms with van der Waals surface area (Å²) in [6.07, 6.45) is 12.2. The lowest BCUT2D eigenvalue weighted by Gasteiger charge is -2.72. The average Bonchev–Trinajstić information content (AvgIpc) is 3.04. The second-order valence-corrected chi connectivity index (χ2v) is 15.1. The van der Waals surface area contributed by atoms with E-state index in [2.05, 4.69) is 46.8 Å². The van der Waals surface area contributed by atoms with E-state index in [0.29, 0.717) is 24.9 Å².